The van der Waals surface area contributed by atoms with E-state index < -0.39 is 0 Å². The fraction of sp³-hybridized carbons (Fsp3) is 0.408. The number of benzene rings is 4. The number of aromatic hydroxyl groups is 2. The predicted octanol–water partition coefficient (Wildman–Crippen LogP) is 9.65. The van der Waals surface area contributed by atoms with E-state index in [2.05, 4.69) is 47.6 Å². The second-order valence-electron chi connectivity index (χ2n) is 17.5. The molecular weight excluding hydrogens is 733 g/mol. The van der Waals surface area contributed by atoms with E-state index in [1.54, 1.807) is 30.3 Å². The minimum atomic E-state index is -0.318. The van der Waals surface area contributed by atoms with E-state index in [4.69, 9.17) is 18.9 Å². The summed E-state index contributed by atoms with van der Waals surface area (Å²) in [6.45, 7) is 13.4. The molecule has 0 saturated carbocycles. The Morgan fingerprint density at radius 2 is 1.14 bits per heavy atom. The Kier molecular flexibility index (Phi) is 13.5. The van der Waals surface area contributed by atoms with Crippen molar-refractivity contribution in [3.8, 4) is 17.2 Å². The molecule has 9 nitrogen and oxygen atoms in total. The number of carbonyl (C=O) groups excluding carboxylic acids is 3. The van der Waals surface area contributed by atoms with Crippen molar-refractivity contribution in [3.05, 3.63) is 130 Å². The first-order valence-electron chi connectivity index (χ1n) is 19.7. The topological polar surface area (TPSA) is 129 Å². The van der Waals surface area contributed by atoms with Crippen molar-refractivity contribution in [2.24, 2.45) is 16.2 Å². The minimum Gasteiger partial charge on any atom is -0.508 e. The third kappa shape index (κ3) is 10.3. The van der Waals surface area contributed by atoms with Crippen LogP contribution >= 0.6 is 0 Å². The molecule has 0 unspecified atom stereocenters. The maximum absolute atomic E-state index is 11.7. The van der Waals surface area contributed by atoms with Crippen LogP contribution in [0.25, 0.3) is 5.57 Å². The highest BCUT2D eigenvalue weighted by molar-refractivity contribution is 5.94. The van der Waals surface area contributed by atoms with Crippen LogP contribution < -0.4 is 4.74 Å². The number of carbonyl (C=O) groups is 3. The van der Waals surface area contributed by atoms with Crippen LogP contribution in [0, 0.1) is 16.2 Å². The molecule has 7 rings (SSSR count). The fourth-order valence-corrected chi connectivity index (χ4v) is 8.65. The highest BCUT2D eigenvalue weighted by Crippen LogP contribution is 2.51. The predicted molar refractivity (Wildman–Crippen MR) is 225 cm³/mol. The summed E-state index contributed by atoms with van der Waals surface area (Å²) in [4.78, 5) is 34.7. The first kappa shape index (κ1) is 43.6. The van der Waals surface area contributed by atoms with Crippen LogP contribution in [-0.4, -0.2) is 49.5 Å². The number of ether oxygens (including phenoxy) is 4. The monoisotopic (exact) mass is 790 g/mol. The highest BCUT2D eigenvalue weighted by atomic mass is 16.5. The summed E-state index contributed by atoms with van der Waals surface area (Å²) in [7, 11) is 4.23. The van der Waals surface area contributed by atoms with E-state index in [1.165, 1.54) is 38.0 Å². The lowest BCUT2D eigenvalue weighted by molar-refractivity contribution is -0.142. The molecule has 0 saturated heterocycles. The summed E-state index contributed by atoms with van der Waals surface area (Å²) in [6, 6.07) is 27.1. The number of methoxy groups -OCH3 is 3. The zero-order valence-corrected chi connectivity index (χ0v) is 35.3. The van der Waals surface area contributed by atoms with Gasteiger partial charge >= 0.3 is 17.9 Å². The van der Waals surface area contributed by atoms with E-state index in [0.717, 1.165) is 52.8 Å². The molecule has 0 radical (unpaired) electrons. The molecule has 0 fully saturated rings. The number of hydrogen-bond acceptors (Lipinski definition) is 9. The zero-order valence-electron chi connectivity index (χ0n) is 35.3. The van der Waals surface area contributed by atoms with Gasteiger partial charge in [0.05, 0.1) is 34.2 Å². The smallest absolute Gasteiger partial charge is 0.330 e. The van der Waals surface area contributed by atoms with Crippen LogP contribution in [0.2, 0.25) is 0 Å². The van der Waals surface area contributed by atoms with Crippen molar-refractivity contribution in [2.45, 2.75) is 92.1 Å². The number of allylic oxidation sites excluding steroid dienone is 1. The van der Waals surface area contributed by atoms with Gasteiger partial charge in [-0.1, -0.05) is 90.1 Å². The lowest BCUT2D eigenvalue weighted by Crippen LogP contribution is -2.21. The quantitative estimate of drug-likeness (QED) is 0.102. The van der Waals surface area contributed by atoms with Crippen molar-refractivity contribution in [1.82, 2.24) is 0 Å². The Morgan fingerprint density at radius 1 is 0.638 bits per heavy atom. The Hall–Kier alpha value is -5.57. The number of phenolic OH excluding ortho intramolecular Hbond substituents is 2. The Bertz CT molecular complexity index is 2060. The second kappa shape index (κ2) is 17.9. The number of fused-ring (bicyclic) bond motifs is 3. The fourth-order valence-electron chi connectivity index (χ4n) is 8.65. The summed E-state index contributed by atoms with van der Waals surface area (Å²) < 4.78 is 20.2. The molecule has 4 aromatic rings. The van der Waals surface area contributed by atoms with Crippen LogP contribution in [0.5, 0.6) is 17.2 Å². The van der Waals surface area contributed by atoms with Gasteiger partial charge in [-0.15, -0.1) is 0 Å². The van der Waals surface area contributed by atoms with E-state index >= 15 is 0 Å². The molecule has 0 heterocycles. The maximum Gasteiger partial charge on any atom is 0.330 e. The highest BCUT2D eigenvalue weighted by Gasteiger charge is 2.41. The molecule has 0 aliphatic heterocycles. The number of esters is 3. The molecule has 3 aliphatic rings. The molecule has 308 valence electrons. The Balaban J connectivity index is 0.000000170. The average molecular weight is 791 g/mol. The lowest BCUT2D eigenvalue weighted by Gasteiger charge is -2.26. The minimum absolute atomic E-state index is 0.0321. The summed E-state index contributed by atoms with van der Waals surface area (Å²) in [5, 5.41) is 19.1. The van der Waals surface area contributed by atoms with Gasteiger partial charge in [0.25, 0.3) is 0 Å². The van der Waals surface area contributed by atoms with E-state index in [9.17, 15) is 24.6 Å². The SMILES string of the molecule is COC(=O)/C=C1/c2cc(OCc3ccccc3)ccc2CC1(C)C.COC(=O)C[C@@H]1c2cc(O)ccc2CC1(C)C.COC(=O)C[C@H]1c2cc(O)ccc2CC1(C)C. The van der Waals surface area contributed by atoms with Crippen molar-refractivity contribution >= 4 is 23.5 Å². The van der Waals surface area contributed by atoms with Gasteiger partial charge in [-0.2, -0.15) is 0 Å². The molecule has 58 heavy (non-hydrogen) atoms. The van der Waals surface area contributed by atoms with Crippen molar-refractivity contribution in [2.75, 3.05) is 21.3 Å². The molecule has 4 aromatic carbocycles. The molecule has 0 bridgehead atoms. The van der Waals surface area contributed by atoms with E-state index in [0.29, 0.717) is 19.4 Å². The standard InChI is InChI=1S/C21H22O3.2C14H18O3/c1-21(2)13-16-9-10-17(24-14-15-7-5-4-6-8-15)11-18(16)19(21)12-20(22)23-3;2*1-14(2)8-9-4-5-10(15)6-11(9)12(14)7-13(16)17-3/h4-12H,13-14H2,1-3H3;2*4-6,12,15H,7-8H2,1-3H3/b19-12-;;/t;2*12-/m.10/s1. The summed E-state index contributed by atoms with van der Waals surface area (Å²) in [5.74, 6) is 0.868. The maximum atomic E-state index is 11.7. The summed E-state index contributed by atoms with van der Waals surface area (Å²) in [6.07, 6.45) is 5.13. The van der Waals surface area contributed by atoms with E-state index in [-0.39, 0.29) is 57.5 Å². The number of phenols is 2. The van der Waals surface area contributed by atoms with Gasteiger partial charge in [0.15, 0.2) is 0 Å². The van der Waals surface area contributed by atoms with Crippen LogP contribution in [-0.2, 0) is 54.5 Å². The third-order valence-corrected chi connectivity index (χ3v) is 11.8. The van der Waals surface area contributed by atoms with Crippen molar-refractivity contribution < 1.29 is 43.5 Å². The van der Waals surface area contributed by atoms with E-state index in [1.807, 2.05) is 54.6 Å². The van der Waals surface area contributed by atoms with Crippen LogP contribution in [0.3, 0.4) is 0 Å². The molecule has 9 heteroatoms. The summed E-state index contributed by atoms with van der Waals surface area (Å²) >= 11 is 0. The van der Waals surface area contributed by atoms with Crippen LogP contribution in [0.15, 0.2) is 91.0 Å². The van der Waals surface area contributed by atoms with Crippen LogP contribution in [0.1, 0.15) is 105 Å². The Morgan fingerprint density at radius 3 is 1.62 bits per heavy atom. The van der Waals surface area contributed by atoms with Gasteiger partial charge in [0.1, 0.15) is 23.9 Å². The van der Waals surface area contributed by atoms with Gasteiger partial charge < -0.3 is 29.2 Å². The summed E-state index contributed by atoms with van der Waals surface area (Å²) in [5.41, 5.74) is 9.05. The van der Waals surface area contributed by atoms with Gasteiger partial charge in [0, 0.05) is 17.9 Å². The lowest BCUT2D eigenvalue weighted by atomic mass is 9.78. The van der Waals surface area contributed by atoms with Gasteiger partial charge in [-0.3, -0.25) is 9.59 Å². The number of hydrogen-bond donors (Lipinski definition) is 2. The molecule has 0 aromatic heterocycles. The van der Waals surface area contributed by atoms with Crippen LogP contribution in [0.4, 0.5) is 0 Å². The first-order chi connectivity index (χ1) is 27.4. The number of rotatable bonds is 8. The molecular formula is C49H58O9. The van der Waals surface area contributed by atoms with Gasteiger partial charge in [-0.25, -0.2) is 4.79 Å². The largest absolute Gasteiger partial charge is 0.508 e. The first-order valence-corrected chi connectivity index (χ1v) is 19.7. The van der Waals surface area contributed by atoms with Crippen molar-refractivity contribution in [3.63, 3.8) is 0 Å². The second-order valence-corrected chi connectivity index (χ2v) is 17.5. The van der Waals surface area contributed by atoms with Gasteiger partial charge in [-0.05, 0) is 116 Å². The van der Waals surface area contributed by atoms with Gasteiger partial charge in [0.2, 0.25) is 0 Å². The molecule has 2 atom stereocenters. The molecule has 0 spiro atoms. The normalized spacial score (nSPS) is 19.2. The molecule has 2 N–H and O–H groups in total. The zero-order chi connectivity index (χ0) is 42.4. The molecule has 0 amide bonds. The average Bonchev–Trinajstić information content (AvgIpc) is 3.70. The molecule has 3 aliphatic carbocycles. The van der Waals surface area contributed by atoms with Crippen molar-refractivity contribution in [1.29, 1.82) is 0 Å². The Labute approximate surface area is 343 Å². The third-order valence-electron chi connectivity index (χ3n) is 11.8.